The average Bonchev–Trinajstić information content (AvgIpc) is 3.15. The molecule has 1 unspecified atom stereocenters. The quantitative estimate of drug-likeness (QED) is 0.417. The van der Waals surface area contributed by atoms with Crippen molar-refractivity contribution >= 4 is 39.9 Å². The number of rotatable bonds is 5. The van der Waals surface area contributed by atoms with E-state index < -0.39 is 0 Å². The van der Waals surface area contributed by atoms with Gasteiger partial charge in [0.1, 0.15) is 23.4 Å². The summed E-state index contributed by atoms with van der Waals surface area (Å²) in [6.07, 6.45) is 5.94. The van der Waals surface area contributed by atoms with Crippen molar-refractivity contribution in [3.63, 3.8) is 0 Å². The minimum absolute atomic E-state index is 0.330. The molecule has 2 saturated heterocycles. The molecule has 6 rings (SSSR count). The van der Waals surface area contributed by atoms with Gasteiger partial charge in [-0.15, -0.1) is 0 Å². The molecule has 168 valence electrons. The second kappa shape index (κ2) is 7.87. The van der Waals surface area contributed by atoms with Crippen LogP contribution in [0.2, 0.25) is 10.0 Å². The number of nitrogens with one attached hydrogen (secondary N) is 2. The molecule has 1 spiro atoms. The summed E-state index contributed by atoms with van der Waals surface area (Å²) in [5, 5.41) is 13.1. The summed E-state index contributed by atoms with van der Waals surface area (Å²) >= 11 is 12.6. The van der Waals surface area contributed by atoms with Crippen LogP contribution in [0.15, 0.2) is 48.9 Å². The van der Waals surface area contributed by atoms with Gasteiger partial charge in [-0.2, -0.15) is 5.10 Å². The number of H-pyrrole nitrogens is 1. The van der Waals surface area contributed by atoms with Gasteiger partial charge in [0.25, 0.3) is 0 Å². The second-order valence-corrected chi connectivity index (χ2v) is 9.59. The van der Waals surface area contributed by atoms with E-state index in [2.05, 4.69) is 37.5 Å². The highest BCUT2D eigenvalue weighted by atomic mass is 35.5. The van der Waals surface area contributed by atoms with Gasteiger partial charge >= 0.3 is 0 Å². The van der Waals surface area contributed by atoms with Gasteiger partial charge in [0.05, 0.1) is 21.1 Å². The molecule has 0 amide bonds. The van der Waals surface area contributed by atoms with Crippen molar-refractivity contribution < 1.29 is 4.74 Å². The summed E-state index contributed by atoms with van der Waals surface area (Å²) in [7, 11) is 0. The Labute approximate surface area is 201 Å². The Morgan fingerprint density at radius 2 is 1.88 bits per heavy atom. The van der Waals surface area contributed by atoms with Crippen LogP contribution in [0.1, 0.15) is 25.0 Å². The number of anilines is 1. The molecule has 9 heteroatoms. The van der Waals surface area contributed by atoms with Crippen LogP contribution in [-0.2, 0) is 0 Å². The van der Waals surface area contributed by atoms with Crippen molar-refractivity contribution in [1.29, 1.82) is 0 Å². The summed E-state index contributed by atoms with van der Waals surface area (Å²) < 4.78 is 6.17. The topological polar surface area (TPSA) is 79.0 Å². The molecular formula is C24H22Cl2N6O. The Bertz CT molecular complexity index is 1310. The first-order valence-corrected chi connectivity index (χ1v) is 11.7. The highest BCUT2D eigenvalue weighted by Crippen LogP contribution is 2.36. The first-order valence-electron chi connectivity index (χ1n) is 10.9. The van der Waals surface area contributed by atoms with Crippen LogP contribution in [0.5, 0.6) is 5.75 Å². The van der Waals surface area contributed by atoms with Gasteiger partial charge in [0, 0.05) is 48.2 Å². The predicted octanol–water partition coefficient (Wildman–Crippen LogP) is 5.02. The highest BCUT2D eigenvalue weighted by molar-refractivity contribution is 6.35. The Morgan fingerprint density at radius 1 is 1.09 bits per heavy atom. The third-order valence-electron chi connectivity index (χ3n) is 6.58. The van der Waals surface area contributed by atoms with Gasteiger partial charge in [-0.05, 0) is 50.2 Å². The van der Waals surface area contributed by atoms with Crippen molar-refractivity contribution in [3.05, 3.63) is 64.5 Å². The fraction of sp³-hybridized carbons (Fsp3) is 0.292. The van der Waals surface area contributed by atoms with Crippen LogP contribution < -0.4 is 15.0 Å². The molecule has 0 bridgehead atoms. The third kappa shape index (κ3) is 3.60. The number of nitrogens with zero attached hydrogens (tertiary/aromatic N) is 4. The SMILES string of the molecule is CC(Oc1ccc2[nH]nc(-c3ccc(N4CC5(CCN5)C4)nc3)c2c1)c1c(Cl)cncc1Cl. The Hall–Kier alpha value is -2.87. The summed E-state index contributed by atoms with van der Waals surface area (Å²) in [6.45, 7) is 5.08. The summed E-state index contributed by atoms with van der Waals surface area (Å²) in [6, 6.07) is 9.97. The molecule has 0 saturated carbocycles. The van der Waals surface area contributed by atoms with Gasteiger partial charge in [-0.25, -0.2) is 4.98 Å². The average molecular weight is 481 g/mol. The maximum Gasteiger partial charge on any atom is 0.128 e. The second-order valence-electron chi connectivity index (χ2n) is 8.77. The number of ether oxygens (including phenoxy) is 1. The molecule has 0 aliphatic carbocycles. The van der Waals surface area contributed by atoms with E-state index in [4.69, 9.17) is 32.9 Å². The number of pyridine rings is 2. The van der Waals surface area contributed by atoms with Crippen LogP contribution >= 0.6 is 23.2 Å². The van der Waals surface area contributed by atoms with E-state index in [1.807, 2.05) is 31.3 Å². The van der Waals surface area contributed by atoms with Crippen LogP contribution in [0.3, 0.4) is 0 Å². The van der Waals surface area contributed by atoms with E-state index in [1.165, 1.54) is 6.42 Å². The van der Waals surface area contributed by atoms with Crippen molar-refractivity contribution in [3.8, 4) is 17.0 Å². The number of hydrogen-bond donors (Lipinski definition) is 2. The van der Waals surface area contributed by atoms with Gasteiger partial charge < -0.3 is 15.0 Å². The first kappa shape index (κ1) is 20.7. The third-order valence-corrected chi connectivity index (χ3v) is 7.18. The van der Waals surface area contributed by atoms with Gasteiger partial charge in [0.15, 0.2) is 0 Å². The molecule has 2 fully saturated rings. The Balaban J connectivity index is 1.24. The predicted molar refractivity (Wildman–Crippen MR) is 130 cm³/mol. The van der Waals surface area contributed by atoms with E-state index in [1.54, 1.807) is 12.4 Å². The Morgan fingerprint density at radius 3 is 2.55 bits per heavy atom. The largest absolute Gasteiger partial charge is 0.486 e. The number of fused-ring (bicyclic) bond motifs is 1. The van der Waals surface area contributed by atoms with Gasteiger partial charge in [-0.1, -0.05) is 23.2 Å². The number of benzene rings is 1. The normalized spacial score (nSPS) is 17.6. The van der Waals surface area contributed by atoms with Crippen molar-refractivity contribution in [1.82, 2.24) is 25.5 Å². The molecule has 33 heavy (non-hydrogen) atoms. The lowest BCUT2D eigenvalue weighted by Crippen LogP contribution is -2.76. The van der Waals surface area contributed by atoms with Gasteiger partial charge in [-0.3, -0.25) is 10.1 Å². The van der Waals surface area contributed by atoms with Gasteiger partial charge in [0.2, 0.25) is 0 Å². The number of aromatic nitrogens is 4. The molecule has 2 N–H and O–H groups in total. The molecule has 0 radical (unpaired) electrons. The van der Waals surface area contributed by atoms with E-state index in [0.29, 0.717) is 26.9 Å². The fourth-order valence-electron chi connectivity index (χ4n) is 4.67. The lowest BCUT2D eigenvalue weighted by atomic mass is 9.80. The summed E-state index contributed by atoms with van der Waals surface area (Å²) in [4.78, 5) is 11.0. The number of hydrogen-bond acceptors (Lipinski definition) is 6. The standard InChI is InChI=1S/C24H22Cl2N6O/c1-14(22-18(25)10-27-11-19(22)26)33-16-3-4-20-17(8-16)23(31-30-20)15-2-5-21(28-9-15)32-12-24(13-32)6-7-29-24/h2-5,8-11,14,29H,6-7,12-13H2,1H3,(H,30,31). The number of halogens is 2. The molecule has 5 heterocycles. The molecule has 1 aromatic carbocycles. The summed E-state index contributed by atoms with van der Waals surface area (Å²) in [5.74, 6) is 1.70. The van der Waals surface area contributed by atoms with E-state index in [0.717, 1.165) is 47.6 Å². The highest BCUT2D eigenvalue weighted by Gasteiger charge is 2.47. The lowest BCUT2D eigenvalue weighted by Gasteiger charge is -2.56. The van der Waals surface area contributed by atoms with Crippen LogP contribution in [0.25, 0.3) is 22.2 Å². The molecule has 3 aromatic heterocycles. The minimum atomic E-state index is -0.341. The van der Waals surface area contributed by atoms with Crippen LogP contribution in [0.4, 0.5) is 5.82 Å². The van der Waals surface area contributed by atoms with Crippen LogP contribution in [0, 0.1) is 0 Å². The maximum atomic E-state index is 6.29. The van der Waals surface area contributed by atoms with Crippen LogP contribution in [-0.4, -0.2) is 45.3 Å². The maximum absolute atomic E-state index is 6.29. The molecule has 1 atom stereocenters. The van der Waals surface area contributed by atoms with E-state index in [-0.39, 0.29) is 6.10 Å². The first-order chi connectivity index (χ1) is 16.0. The van der Waals surface area contributed by atoms with E-state index >= 15 is 0 Å². The monoisotopic (exact) mass is 480 g/mol. The van der Waals surface area contributed by atoms with Crippen molar-refractivity contribution in [2.24, 2.45) is 0 Å². The van der Waals surface area contributed by atoms with Crippen molar-refractivity contribution in [2.45, 2.75) is 25.0 Å². The molecule has 4 aromatic rings. The summed E-state index contributed by atoms with van der Waals surface area (Å²) in [5.41, 5.74) is 3.76. The zero-order valence-electron chi connectivity index (χ0n) is 18.0. The molecule has 2 aliphatic heterocycles. The Kier molecular flexibility index (Phi) is 4.94. The number of aromatic amines is 1. The molecule has 7 nitrogen and oxygen atoms in total. The van der Waals surface area contributed by atoms with E-state index in [9.17, 15) is 0 Å². The minimum Gasteiger partial charge on any atom is -0.486 e. The van der Waals surface area contributed by atoms with Crippen molar-refractivity contribution in [2.75, 3.05) is 24.5 Å². The smallest absolute Gasteiger partial charge is 0.128 e. The lowest BCUT2D eigenvalue weighted by molar-refractivity contribution is 0.159. The zero-order valence-corrected chi connectivity index (χ0v) is 19.5. The molecular weight excluding hydrogens is 459 g/mol. The zero-order chi connectivity index (χ0) is 22.6. The molecule has 2 aliphatic rings. The fourth-order valence-corrected chi connectivity index (χ4v) is 5.34.